The largest absolute Gasteiger partial charge is 0.481 e. The molecule has 250 valence electrons. The lowest BCUT2D eigenvalue weighted by Crippen LogP contribution is -2.35. The normalized spacial score (nSPS) is 16.0. The first-order valence-corrected chi connectivity index (χ1v) is 16.2. The van der Waals surface area contributed by atoms with Crippen LogP contribution >= 0.6 is 23.2 Å². The van der Waals surface area contributed by atoms with Crippen molar-refractivity contribution in [2.75, 3.05) is 32.1 Å². The Bertz CT molecular complexity index is 1910. The smallest absolute Gasteiger partial charge is 0.407 e. The van der Waals surface area contributed by atoms with E-state index in [9.17, 15) is 19.5 Å². The second-order valence-electron chi connectivity index (χ2n) is 11.9. The van der Waals surface area contributed by atoms with Crippen molar-refractivity contribution in [1.29, 1.82) is 0 Å². The number of carboxylic acid groups (broad SMARTS) is 1. The monoisotopic (exact) mass is 691 g/mol. The zero-order valence-electron chi connectivity index (χ0n) is 26.7. The summed E-state index contributed by atoms with van der Waals surface area (Å²) in [5.41, 5.74) is 5.27. The van der Waals surface area contributed by atoms with Crippen molar-refractivity contribution in [3.63, 3.8) is 0 Å². The topological polar surface area (TPSA) is 142 Å². The zero-order valence-corrected chi connectivity index (χ0v) is 28.2. The fourth-order valence-corrected chi connectivity index (χ4v) is 6.99. The van der Waals surface area contributed by atoms with E-state index in [0.29, 0.717) is 69.2 Å². The highest BCUT2D eigenvalue weighted by atomic mass is 35.5. The zero-order chi connectivity index (χ0) is 34.1. The van der Waals surface area contributed by atoms with Gasteiger partial charge in [-0.1, -0.05) is 59.6 Å². The molecule has 0 bridgehead atoms. The van der Waals surface area contributed by atoms with E-state index >= 15 is 0 Å². The molecule has 0 unspecified atom stereocenters. The third-order valence-corrected chi connectivity index (χ3v) is 9.56. The van der Waals surface area contributed by atoms with Crippen LogP contribution < -0.4 is 15.4 Å². The van der Waals surface area contributed by atoms with Gasteiger partial charge in [-0.05, 0) is 18.6 Å². The van der Waals surface area contributed by atoms with Gasteiger partial charge in [0.15, 0.2) is 5.82 Å². The number of ether oxygens (including phenoxy) is 1. The molecule has 0 aliphatic carbocycles. The molecule has 2 aliphatic rings. The first-order valence-electron chi connectivity index (χ1n) is 15.5. The van der Waals surface area contributed by atoms with E-state index in [2.05, 4.69) is 20.5 Å². The SMILES string of the molecule is COc1nc(-c2cccc(-c3cccc(NC(=O)c4nc5c(n4C)CCN(C(=O)O)C5)c3Cl)c2Cl)ccc1CN1CC[C@@H](NC(C)=O)C1. The number of hydrogen-bond donors (Lipinski definition) is 3. The summed E-state index contributed by atoms with van der Waals surface area (Å²) in [6.45, 7) is 4.25. The summed E-state index contributed by atoms with van der Waals surface area (Å²) in [6, 6.07) is 14.9. The summed E-state index contributed by atoms with van der Waals surface area (Å²) in [6.07, 6.45) is 0.333. The van der Waals surface area contributed by atoms with Crippen LogP contribution in [-0.2, 0) is 31.4 Å². The molecule has 4 aromatic rings. The highest BCUT2D eigenvalue weighted by molar-refractivity contribution is 6.39. The summed E-state index contributed by atoms with van der Waals surface area (Å²) >= 11 is 13.9. The van der Waals surface area contributed by atoms with Crippen LogP contribution in [0.15, 0.2) is 48.5 Å². The summed E-state index contributed by atoms with van der Waals surface area (Å²) in [7, 11) is 3.33. The van der Waals surface area contributed by atoms with Crippen LogP contribution in [0.5, 0.6) is 5.88 Å². The van der Waals surface area contributed by atoms with Gasteiger partial charge in [0.25, 0.3) is 5.91 Å². The van der Waals surface area contributed by atoms with Gasteiger partial charge < -0.3 is 29.9 Å². The van der Waals surface area contributed by atoms with Gasteiger partial charge >= 0.3 is 6.09 Å². The van der Waals surface area contributed by atoms with Gasteiger partial charge in [-0.3, -0.25) is 14.5 Å². The average Bonchev–Trinajstić information content (AvgIpc) is 3.64. The quantitative estimate of drug-likeness (QED) is 0.221. The summed E-state index contributed by atoms with van der Waals surface area (Å²) < 4.78 is 7.37. The van der Waals surface area contributed by atoms with Crippen molar-refractivity contribution in [2.24, 2.45) is 7.05 Å². The van der Waals surface area contributed by atoms with Gasteiger partial charge in [-0.2, -0.15) is 0 Å². The minimum Gasteiger partial charge on any atom is -0.481 e. The molecule has 6 rings (SSSR count). The van der Waals surface area contributed by atoms with Crippen LogP contribution in [0, 0.1) is 0 Å². The van der Waals surface area contributed by atoms with Crippen molar-refractivity contribution in [3.8, 4) is 28.3 Å². The van der Waals surface area contributed by atoms with Crippen LogP contribution in [0.2, 0.25) is 10.0 Å². The van der Waals surface area contributed by atoms with Gasteiger partial charge in [-0.15, -0.1) is 0 Å². The number of aromatic nitrogens is 3. The standard InChI is InChI=1S/C34H35Cl2N7O5/c1-19(44)37-21-12-14-42(17-21)16-20-10-11-25(40-33(20)48-3)24-8-4-6-22(29(24)35)23-7-5-9-26(30(23)36)39-32(45)31-38-27-18-43(34(46)47)15-13-28(27)41(31)2/h4-11,21H,12-18H2,1-3H3,(H,37,44)(H,39,45)(H,46,47)/t21-/m1/s1. The van der Waals surface area contributed by atoms with E-state index < -0.39 is 12.0 Å². The Balaban J connectivity index is 1.23. The van der Waals surface area contributed by atoms with E-state index in [4.69, 9.17) is 32.9 Å². The molecule has 4 heterocycles. The third-order valence-electron chi connectivity index (χ3n) is 8.75. The van der Waals surface area contributed by atoms with Crippen LogP contribution in [-0.4, -0.2) is 80.1 Å². The Morgan fingerprint density at radius 1 is 1.00 bits per heavy atom. The number of anilines is 1. The van der Waals surface area contributed by atoms with Crippen molar-refractivity contribution in [2.45, 2.75) is 38.9 Å². The number of imidazole rings is 1. The predicted molar refractivity (Wildman–Crippen MR) is 182 cm³/mol. The van der Waals surface area contributed by atoms with Crippen molar-refractivity contribution >= 4 is 46.8 Å². The number of carbonyl (C=O) groups excluding carboxylic acids is 2. The Morgan fingerprint density at radius 2 is 1.73 bits per heavy atom. The first-order chi connectivity index (χ1) is 23.0. The molecule has 2 aromatic carbocycles. The van der Waals surface area contributed by atoms with Gasteiger partial charge in [0, 0.05) is 80.6 Å². The molecule has 1 fully saturated rings. The molecule has 14 heteroatoms. The summed E-state index contributed by atoms with van der Waals surface area (Å²) in [4.78, 5) is 49.1. The van der Waals surface area contributed by atoms with Crippen molar-refractivity contribution in [1.82, 2.24) is 29.7 Å². The number of likely N-dealkylation sites (tertiary alicyclic amines) is 1. The molecule has 1 atom stereocenters. The highest BCUT2D eigenvalue weighted by Gasteiger charge is 2.28. The van der Waals surface area contributed by atoms with Crippen LogP contribution in [0.1, 0.15) is 40.9 Å². The van der Waals surface area contributed by atoms with Gasteiger partial charge in [0.1, 0.15) is 0 Å². The predicted octanol–water partition coefficient (Wildman–Crippen LogP) is 5.46. The maximum absolute atomic E-state index is 13.4. The van der Waals surface area contributed by atoms with E-state index in [0.717, 1.165) is 30.8 Å². The number of pyridine rings is 1. The number of amides is 3. The fourth-order valence-electron chi connectivity index (χ4n) is 6.39. The van der Waals surface area contributed by atoms with E-state index in [1.807, 2.05) is 36.4 Å². The number of hydrogen-bond acceptors (Lipinski definition) is 7. The molecular formula is C34H35Cl2N7O5. The molecule has 2 aliphatic heterocycles. The minimum absolute atomic E-state index is 0.0259. The maximum Gasteiger partial charge on any atom is 0.407 e. The molecule has 3 N–H and O–H groups in total. The Morgan fingerprint density at radius 3 is 2.46 bits per heavy atom. The number of rotatable bonds is 8. The molecule has 0 radical (unpaired) electrons. The molecular weight excluding hydrogens is 657 g/mol. The number of nitrogens with one attached hydrogen (secondary N) is 2. The van der Waals surface area contributed by atoms with Crippen LogP contribution in [0.3, 0.4) is 0 Å². The Kier molecular flexibility index (Phi) is 9.58. The molecule has 0 spiro atoms. The fraction of sp³-hybridized carbons (Fsp3) is 0.324. The van der Waals surface area contributed by atoms with E-state index in [1.165, 1.54) is 11.8 Å². The average molecular weight is 693 g/mol. The second kappa shape index (κ2) is 13.8. The number of halogens is 2. The van der Waals surface area contributed by atoms with Gasteiger partial charge in [0.05, 0.1) is 40.8 Å². The summed E-state index contributed by atoms with van der Waals surface area (Å²) in [5.74, 6) is 0.159. The Labute approximate surface area is 287 Å². The van der Waals surface area contributed by atoms with Gasteiger partial charge in [0.2, 0.25) is 11.8 Å². The lowest BCUT2D eigenvalue weighted by molar-refractivity contribution is -0.119. The molecule has 48 heavy (non-hydrogen) atoms. The summed E-state index contributed by atoms with van der Waals surface area (Å²) in [5, 5.41) is 16.0. The second-order valence-corrected chi connectivity index (χ2v) is 12.7. The number of fused-ring (bicyclic) bond motifs is 1. The first kappa shape index (κ1) is 33.3. The minimum atomic E-state index is -1.02. The third kappa shape index (κ3) is 6.69. The highest BCUT2D eigenvalue weighted by Crippen LogP contribution is 2.41. The number of benzene rings is 2. The molecule has 3 amide bonds. The Hall–Kier alpha value is -4.65. The molecule has 0 saturated carbocycles. The molecule has 12 nitrogen and oxygen atoms in total. The number of nitrogens with zero attached hydrogens (tertiary/aromatic N) is 5. The molecule has 1 saturated heterocycles. The van der Waals surface area contributed by atoms with Gasteiger partial charge in [-0.25, -0.2) is 14.8 Å². The van der Waals surface area contributed by atoms with Crippen LogP contribution in [0.25, 0.3) is 22.4 Å². The lowest BCUT2D eigenvalue weighted by Gasteiger charge is -2.23. The van der Waals surface area contributed by atoms with E-state index in [1.54, 1.807) is 30.9 Å². The van der Waals surface area contributed by atoms with Crippen LogP contribution in [0.4, 0.5) is 10.5 Å². The number of methoxy groups -OCH3 is 1. The van der Waals surface area contributed by atoms with E-state index in [-0.39, 0.29) is 24.3 Å². The lowest BCUT2D eigenvalue weighted by atomic mass is 10.00. The maximum atomic E-state index is 13.4. The molecule has 2 aromatic heterocycles. The van der Waals surface area contributed by atoms with Crippen molar-refractivity contribution < 1.29 is 24.2 Å². The number of carbonyl (C=O) groups is 3. The van der Waals surface area contributed by atoms with Crippen molar-refractivity contribution in [3.05, 3.63) is 81.4 Å².